The molecule has 3 N–H and O–H groups in total. The van der Waals surface area contributed by atoms with E-state index < -0.39 is 0 Å². The van der Waals surface area contributed by atoms with E-state index in [0.29, 0.717) is 10.8 Å². The lowest BCUT2D eigenvalue weighted by molar-refractivity contribution is -0.244. The molecule has 0 aromatic carbocycles. The fraction of sp³-hybridized carbons (Fsp3) is 1.00. The quantitative estimate of drug-likeness (QED) is 0.735. The number of nitrogens with two attached hydrogens (primary N) is 1. The number of hydrogen-bond donors (Lipinski definition) is 2. The normalized spacial score (nSPS) is 43.2. The van der Waals surface area contributed by atoms with Gasteiger partial charge in [0.1, 0.15) is 0 Å². The SMILES string of the molecule is CC(C)C12CC([C@@H](N)CO)(C1)C2.Cl. The molecule has 3 saturated carbocycles. The van der Waals surface area contributed by atoms with Gasteiger partial charge in [-0.1, -0.05) is 13.8 Å². The molecule has 3 rings (SSSR count). The Hall–Kier alpha value is 0.210. The van der Waals surface area contributed by atoms with E-state index in [1.54, 1.807) is 0 Å². The minimum atomic E-state index is 0. The van der Waals surface area contributed by atoms with E-state index in [9.17, 15) is 0 Å². The smallest absolute Gasteiger partial charge is 0.0587 e. The molecule has 1 atom stereocenters. The molecule has 78 valence electrons. The average Bonchev–Trinajstić information content (AvgIpc) is 1.80. The highest BCUT2D eigenvalue weighted by Crippen LogP contribution is 2.76. The van der Waals surface area contributed by atoms with E-state index in [1.807, 2.05) is 0 Å². The van der Waals surface area contributed by atoms with E-state index >= 15 is 0 Å². The first-order valence-corrected chi connectivity index (χ1v) is 4.91. The van der Waals surface area contributed by atoms with Gasteiger partial charge in [0.25, 0.3) is 0 Å². The van der Waals surface area contributed by atoms with Crippen molar-refractivity contribution in [2.75, 3.05) is 6.61 Å². The second-order valence-electron chi connectivity index (χ2n) is 5.20. The van der Waals surface area contributed by atoms with Crippen LogP contribution in [0.2, 0.25) is 0 Å². The molecule has 13 heavy (non-hydrogen) atoms. The standard InChI is InChI=1S/C10H19NO.ClH/c1-7(2)9-4-10(5-9,6-9)8(11)3-12;/h7-8,12H,3-6,11H2,1-2H3;1H/t8-,9?,10?;/m0./s1. The molecular weight excluding hydrogens is 186 g/mol. The van der Waals surface area contributed by atoms with Crippen molar-refractivity contribution in [3.05, 3.63) is 0 Å². The first-order chi connectivity index (χ1) is 5.55. The molecule has 0 amide bonds. The summed E-state index contributed by atoms with van der Waals surface area (Å²) < 4.78 is 0. The summed E-state index contributed by atoms with van der Waals surface area (Å²) in [6, 6.07) is 0.0399. The molecular formula is C10H20ClNO. The van der Waals surface area contributed by atoms with Crippen molar-refractivity contribution >= 4 is 12.4 Å². The van der Waals surface area contributed by atoms with Gasteiger partial charge in [0.15, 0.2) is 0 Å². The molecule has 2 bridgehead atoms. The maximum Gasteiger partial charge on any atom is 0.0587 e. The monoisotopic (exact) mass is 205 g/mol. The van der Waals surface area contributed by atoms with Crippen molar-refractivity contribution in [3.8, 4) is 0 Å². The lowest BCUT2D eigenvalue weighted by Gasteiger charge is -2.74. The van der Waals surface area contributed by atoms with Crippen LogP contribution in [0.3, 0.4) is 0 Å². The van der Waals surface area contributed by atoms with Crippen molar-refractivity contribution in [1.82, 2.24) is 0 Å². The number of halogens is 1. The van der Waals surface area contributed by atoms with Crippen LogP contribution in [0, 0.1) is 16.7 Å². The molecule has 0 radical (unpaired) electrons. The zero-order chi connectivity index (χ0) is 8.98. The zero-order valence-corrected chi connectivity index (χ0v) is 9.23. The number of aliphatic hydroxyl groups is 1. The second kappa shape index (κ2) is 3.11. The lowest BCUT2D eigenvalue weighted by Crippen LogP contribution is -2.71. The van der Waals surface area contributed by atoms with Gasteiger partial charge in [-0.15, -0.1) is 12.4 Å². The minimum Gasteiger partial charge on any atom is -0.395 e. The Morgan fingerprint density at radius 1 is 1.23 bits per heavy atom. The van der Waals surface area contributed by atoms with Crippen LogP contribution in [0.1, 0.15) is 33.1 Å². The predicted octanol–water partition coefficient (Wildman–Crippen LogP) is 1.55. The Kier molecular flexibility index (Phi) is 2.70. The molecule has 3 fully saturated rings. The molecule has 0 heterocycles. The number of hydrogen-bond acceptors (Lipinski definition) is 2. The minimum absolute atomic E-state index is 0. The van der Waals surface area contributed by atoms with Gasteiger partial charge in [-0.2, -0.15) is 0 Å². The molecule has 3 aliphatic rings. The first kappa shape index (κ1) is 11.3. The Morgan fingerprint density at radius 3 is 2.00 bits per heavy atom. The summed E-state index contributed by atoms with van der Waals surface area (Å²) in [5.74, 6) is 0.797. The van der Waals surface area contributed by atoms with Gasteiger partial charge in [-0.25, -0.2) is 0 Å². The molecule has 3 heteroatoms. The third-order valence-corrected chi connectivity index (χ3v) is 4.32. The Balaban J connectivity index is 0.000000845. The summed E-state index contributed by atoms with van der Waals surface area (Å²) in [7, 11) is 0. The van der Waals surface area contributed by atoms with Crippen LogP contribution in [0.4, 0.5) is 0 Å². The van der Waals surface area contributed by atoms with Crippen LogP contribution in [-0.4, -0.2) is 17.8 Å². The molecule has 2 nitrogen and oxygen atoms in total. The summed E-state index contributed by atoms with van der Waals surface area (Å²) in [4.78, 5) is 0. The fourth-order valence-corrected chi connectivity index (χ4v) is 3.15. The Morgan fingerprint density at radius 2 is 1.69 bits per heavy atom. The molecule has 0 aliphatic heterocycles. The van der Waals surface area contributed by atoms with Crippen LogP contribution in [0.25, 0.3) is 0 Å². The third kappa shape index (κ3) is 1.23. The number of rotatable bonds is 3. The largest absolute Gasteiger partial charge is 0.395 e. The van der Waals surface area contributed by atoms with E-state index in [0.717, 1.165) is 5.92 Å². The Bertz CT molecular complexity index is 185. The summed E-state index contributed by atoms with van der Waals surface area (Å²) >= 11 is 0. The van der Waals surface area contributed by atoms with E-state index in [2.05, 4.69) is 13.8 Å². The molecule has 0 saturated heterocycles. The fourth-order valence-electron chi connectivity index (χ4n) is 3.15. The van der Waals surface area contributed by atoms with Crippen molar-refractivity contribution < 1.29 is 5.11 Å². The van der Waals surface area contributed by atoms with Gasteiger partial charge in [0.2, 0.25) is 0 Å². The lowest BCUT2D eigenvalue weighted by atomic mass is 9.31. The predicted molar refractivity (Wildman–Crippen MR) is 55.9 cm³/mol. The van der Waals surface area contributed by atoms with E-state index in [1.165, 1.54) is 19.3 Å². The molecule has 0 aromatic rings. The van der Waals surface area contributed by atoms with Gasteiger partial charge in [0, 0.05) is 6.04 Å². The number of aliphatic hydroxyl groups excluding tert-OH is 1. The van der Waals surface area contributed by atoms with E-state index in [4.69, 9.17) is 10.8 Å². The molecule has 0 unspecified atom stereocenters. The highest BCUT2D eigenvalue weighted by Gasteiger charge is 2.70. The maximum absolute atomic E-state index is 8.96. The van der Waals surface area contributed by atoms with Crippen LogP contribution < -0.4 is 5.73 Å². The highest BCUT2D eigenvalue weighted by molar-refractivity contribution is 5.85. The topological polar surface area (TPSA) is 46.2 Å². The maximum atomic E-state index is 8.96. The molecule has 0 aromatic heterocycles. The van der Waals surface area contributed by atoms with Crippen LogP contribution in [0.5, 0.6) is 0 Å². The van der Waals surface area contributed by atoms with Gasteiger partial charge in [-0.3, -0.25) is 0 Å². The van der Waals surface area contributed by atoms with E-state index in [-0.39, 0.29) is 25.1 Å². The van der Waals surface area contributed by atoms with Crippen molar-refractivity contribution in [2.24, 2.45) is 22.5 Å². The third-order valence-electron chi connectivity index (χ3n) is 4.32. The van der Waals surface area contributed by atoms with Gasteiger partial charge < -0.3 is 10.8 Å². The Labute approximate surface area is 86.3 Å². The summed E-state index contributed by atoms with van der Waals surface area (Å²) in [6.07, 6.45) is 3.79. The first-order valence-electron chi connectivity index (χ1n) is 4.91. The van der Waals surface area contributed by atoms with Crippen molar-refractivity contribution in [2.45, 2.75) is 39.2 Å². The van der Waals surface area contributed by atoms with Crippen molar-refractivity contribution in [1.29, 1.82) is 0 Å². The van der Waals surface area contributed by atoms with Crippen LogP contribution in [0.15, 0.2) is 0 Å². The van der Waals surface area contributed by atoms with Gasteiger partial charge in [-0.05, 0) is 36.0 Å². The summed E-state index contributed by atoms with van der Waals surface area (Å²) in [5, 5.41) is 8.96. The second-order valence-corrected chi connectivity index (χ2v) is 5.20. The van der Waals surface area contributed by atoms with Crippen LogP contribution >= 0.6 is 12.4 Å². The van der Waals surface area contributed by atoms with Crippen LogP contribution in [-0.2, 0) is 0 Å². The zero-order valence-electron chi connectivity index (χ0n) is 8.42. The van der Waals surface area contributed by atoms with Crippen molar-refractivity contribution in [3.63, 3.8) is 0 Å². The summed E-state index contributed by atoms with van der Waals surface area (Å²) in [6.45, 7) is 4.76. The molecule has 0 spiro atoms. The van der Waals surface area contributed by atoms with Gasteiger partial charge in [0.05, 0.1) is 6.61 Å². The highest BCUT2D eigenvalue weighted by atomic mass is 35.5. The molecule has 3 aliphatic carbocycles. The van der Waals surface area contributed by atoms with Gasteiger partial charge >= 0.3 is 0 Å². The summed E-state index contributed by atoms with van der Waals surface area (Å²) in [5.41, 5.74) is 6.82. The average molecular weight is 206 g/mol.